The Balaban J connectivity index is 1.65. The molecule has 3 rings (SSSR count). The summed E-state index contributed by atoms with van der Waals surface area (Å²) in [5.74, 6) is -3.60. The van der Waals surface area contributed by atoms with Gasteiger partial charge >= 0.3 is 5.97 Å². The van der Waals surface area contributed by atoms with Crippen molar-refractivity contribution < 1.29 is 27.9 Å². The van der Waals surface area contributed by atoms with Gasteiger partial charge in [-0.05, 0) is 30.7 Å². The van der Waals surface area contributed by atoms with Crippen LogP contribution in [0, 0.1) is 11.6 Å². The Morgan fingerprint density at radius 2 is 1.83 bits per heavy atom. The number of nitrogens with one attached hydrogen (secondary N) is 1. The van der Waals surface area contributed by atoms with Gasteiger partial charge < -0.3 is 19.7 Å². The number of hydrogen-bond acceptors (Lipinski definition) is 4. The first-order valence-corrected chi connectivity index (χ1v) is 7.28. The number of carbonyl (C=O) groups is 2. The fourth-order valence-electron chi connectivity index (χ4n) is 2.70. The van der Waals surface area contributed by atoms with Gasteiger partial charge in [-0.15, -0.1) is 0 Å². The average Bonchev–Trinajstić information content (AvgIpc) is 3.16. The van der Waals surface area contributed by atoms with E-state index in [9.17, 15) is 18.4 Å². The third-order valence-corrected chi connectivity index (χ3v) is 3.82. The molecule has 1 aromatic heterocycles. The molecule has 126 valence electrons. The summed E-state index contributed by atoms with van der Waals surface area (Å²) >= 11 is 0. The minimum Gasteiger partial charge on any atom is -0.475 e. The predicted molar refractivity (Wildman–Crippen MR) is 80.1 cm³/mol. The molecule has 0 bridgehead atoms. The summed E-state index contributed by atoms with van der Waals surface area (Å²) in [5.41, 5.74) is -0.111. The van der Waals surface area contributed by atoms with Crippen LogP contribution in [-0.4, -0.2) is 36.1 Å². The number of anilines is 1. The Bertz CT molecular complexity index is 770. The zero-order valence-corrected chi connectivity index (χ0v) is 12.5. The van der Waals surface area contributed by atoms with Gasteiger partial charge in [0.1, 0.15) is 17.3 Å². The Hall–Kier alpha value is -2.90. The number of rotatable bonds is 4. The lowest BCUT2D eigenvalue weighted by molar-refractivity contribution is 0.0659. The number of halogens is 2. The van der Waals surface area contributed by atoms with Gasteiger partial charge in [0.25, 0.3) is 5.91 Å². The van der Waals surface area contributed by atoms with E-state index in [2.05, 4.69) is 5.32 Å². The molecule has 0 aliphatic carbocycles. The third kappa shape index (κ3) is 3.08. The normalized spacial score (nSPS) is 17.1. The van der Waals surface area contributed by atoms with Gasteiger partial charge in [-0.2, -0.15) is 0 Å². The van der Waals surface area contributed by atoms with E-state index in [1.54, 1.807) is 0 Å². The van der Waals surface area contributed by atoms with Crippen LogP contribution in [0.3, 0.4) is 0 Å². The number of nitrogens with zero attached hydrogens (tertiary/aromatic N) is 1. The number of benzene rings is 1. The summed E-state index contributed by atoms with van der Waals surface area (Å²) in [7, 11) is 0. The highest BCUT2D eigenvalue weighted by molar-refractivity contribution is 5.93. The minimum atomic E-state index is -1.27. The van der Waals surface area contributed by atoms with E-state index >= 15 is 0 Å². The average molecular weight is 336 g/mol. The Morgan fingerprint density at radius 3 is 2.46 bits per heavy atom. The van der Waals surface area contributed by atoms with Crippen molar-refractivity contribution in [2.45, 2.75) is 12.5 Å². The lowest BCUT2D eigenvalue weighted by Gasteiger charge is -2.20. The molecule has 1 saturated heterocycles. The highest BCUT2D eigenvalue weighted by atomic mass is 19.1. The molecule has 0 spiro atoms. The molecule has 6 nitrogen and oxygen atoms in total. The number of aromatic carboxylic acids is 1. The maximum Gasteiger partial charge on any atom is 0.371 e. The van der Waals surface area contributed by atoms with E-state index < -0.39 is 23.5 Å². The molecule has 1 fully saturated rings. The smallest absolute Gasteiger partial charge is 0.371 e. The molecular formula is C16H14F2N2O4. The van der Waals surface area contributed by atoms with Gasteiger partial charge in [0.05, 0.1) is 0 Å². The number of carbonyl (C=O) groups excluding carboxylic acids is 1. The molecular weight excluding hydrogens is 322 g/mol. The largest absolute Gasteiger partial charge is 0.475 e. The van der Waals surface area contributed by atoms with Gasteiger partial charge in [0.2, 0.25) is 5.76 Å². The topological polar surface area (TPSA) is 82.8 Å². The second-order valence-corrected chi connectivity index (χ2v) is 5.44. The maximum absolute atomic E-state index is 13.8. The van der Waals surface area contributed by atoms with Crippen molar-refractivity contribution in [1.29, 1.82) is 0 Å². The van der Waals surface area contributed by atoms with Crippen LogP contribution >= 0.6 is 0 Å². The Labute approximate surface area is 135 Å². The van der Waals surface area contributed by atoms with Crippen LogP contribution in [0.1, 0.15) is 27.5 Å². The van der Waals surface area contributed by atoms with Crippen molar-refractivity contribution in [3.8, 4) is 0 Å². The predicted octanol–water partition coefficient (Wildman–Crippen LogP) is 2.26. The standard InChI is InChI=1S/C16H14F2N2O4/c17-10-2-1-3-11(18)14(10)20-7-6-9(8-20)19-15(21)12-4-5-13(24-12)16(22)23/h1-5,9H,6-8H2,(H,19,21)(H,22,23)/t9-/m1/s1. The van der Waals surface area contributed by atoms with Crippen LogP contribution in [0.15, 0.2) is 34.7 Å². The first kappa shape index (κ1) is 16.0. The zero-order valence-electron chi connectivity index (χ0n) is 12.5. The molecule has 1 aliphatic rings. The Kier molecular flexibility index (Phi) is 4.20. The van der Waals surface area contributed by atoms with Crippen molar-refractivity contribution in [1.82, 2.24) is 5.32 Å². The SMILES string of the molecule is O=C(O)c1ccc(C(=O)N[C@@H]2CCN(c3c(F)cccc3F)C2)o1. The molecule has 0 unspecified atom stereocenters. The van der Waals surface area contributed by atoms with Crippen LogP contribution < -0.4 is 10.2 Å². The fraction of sp³-hybridized carbons (Fsp3) is 0.250. The van der Waals surface area contributed by atoms with Crippen molar-refractivity contribution in [3.63, 3.8) is 0 Å². The third-order valence-electron chi connectivity index (χ3n) is 3.82. The van der Waals surface area contributed by atoms with Crippen molar-refractivity contribution in [2.24, 2.45) is 0 Å². The van der Waals surface area contributed by atoms with Gasteiger partial charge in [-0.3, -0.25) is 4.79 Å². The summed E-state index contributed by atoms with van der Waals surface area (Å²) in [6, 6.07) is 5.78. The molecule has 2 heterocycles. The summed E-state index contributed by atoms with van der Waals surface area (Å²) in [5, 5.41) is 11.4. The number of carboxylic acids is 1. The minimum absolute atomic E-state index is 0.111. The molecule has 1 aromatic carbocycles. The monoisotopic (exact) mass is 336 g/mol. The van der Waals surface area contributed by atoms with E-state index in [4.69, 9.17) is 9.52 Å². The van der Waals surface area contributed by atoms with Crippen LogP contribution in [0.5, 0.6) is 0 Å². The van der Waals surface area contributed by atoms with Crippen molar-refractivity contribution in [3.05, 3.63) is 53.5 Å². The van der Waals surface area contributed by atoms with E-state index in [0.717, 1.165) is 0 Å². The van der Waals surface area contributed by atoms with Gasteiger partial charge in [0, 0.05) is 19.1 Å². The molecule has 2 N–H and O–H groups in total. The second-order valence-electron chi connectivity index (χ2n) is 5.44. The molecule has 1 amide bonds. The van der Waals surface area contributed by atoms with Gasteiger partial charge in [-0.25, -0.2) is 13.6 Å². The molecule has 8 heteroatoms. The second kappa shape index (κ2) is 6.31. The maximum atomic E-state index is 13.8. The van der Waals surface area contributed by atoms with Crippen LogP contribution in [0.2, 0.25) is 0 Å². The summed E-state index contributed by atoms with van der Waals surface area (Å²) in [4.78, 5) is 24.3. The molecule has 1 aliphatic heterocycles. The van der Waals surface area contributed by atoms with E-state index in [-0.39, 0.29) is 29.8 Å². The van der Waals surface area contributed by atoms with Gasteiger partial charge in [-0.1, -0.05) is 6.07 Å². The zero-order chi connectivity index (χ0) is 17.3. The molecule has 24 heavy (non-hydrogen) atoms. The molecule has 0 radical (unpaired) electrons. The number of carboxylic acid groups (broad SMARTS) is 1. The van der Waals surface area contributed by atoms with Crippen molar-refractivity contribution >= 4 is 17.6 Å². The first-order chi connectivity index (χ1) is 11.5. The summed E-state index contributed by atoms with van der Waals surface area (Å²) < 4.78 is 32.5. The molecule has 1 atom stereocenters. The van der Waals surface area contributed by atoms with Gasteiger partial charge in [0.15, 0.2) is 5.76 Å². The van der Waals surface area contributed by atoms with Crippen LogP contribution in [0.25, 0.3) is 0 Å². The van der Waals surface area contributed by atoms with Crippen molar-refractivity contribution in [2.75, 3.05) is 18.0 Å². The number of furan rings is 1. The molecule has 0 saturated carbocycles. The lowest BCUT2D eigenvalue weighted by Crippen LogP contribution is -2.37. The quantitative estimate of drug-likeness (QED) is 0.895. The van der Waals surface area contributed by atoms with Crippen LogP contribution in [-0.2, 0) is 0 Å². The molecule has 2 aromatic rings. The lowest BCUT2D eigenvalue weighted by atomic mass is 10.2. The van der Waals surface area contributed by atoms with Crippen LogP contribution in [0.4, 0.5) is 14.5 Å². The number of amides is 1. The fourth-order valence-corrected chi connectivity index (χ4v) is 2.70. The van der Waals surface area contributed by atoms with E-state index in [1.165, 1.54) is 35.2 Å². The van der Waals surface area contributed by atoms with E-state index in [1.807, 2.05) is 0 Å². The Morgan fingerprint density at radius 1 is 1.17 bits per heavy atom. The van der Waals surface area contributed by atoms with E-state index in [0.29, 0.717) is 13.0 Å². The first-order valence-electron chi connectivity index (χ1n) is 7.28. The highest BCUT2D eigenvalue weighted by Crippen LogP contribution is 2.26. The summed E-state index contributed by atoms with van der Waals surface area (Å²) in [6.07, 6.45) is 0.506. The highest BCUT2D eigenvalue weighted by Gasteiger charge is 2.28. The summed E-state index contributed by atoms with van der Waals surface area (Å²) in [6.45, 7) is 0.636. The number of hydrogen-bond donors (Lipinski definition) is 2. The number of para-hydroxylation sites is 1.